The van der Waals surface area contributed by atoms with Crippen LogP contribution in [-0.2, 0) is 24.7 Å². The van der Waals surface area contributed by atoms with E-state index in [1.807, 2.05) is 0 Å². The smallest absolute Gasteiger partial charge is 0.724 e. The van der Waals surface area contributed by atoms with Crippen LogP contribution in [0.25, 0.3) is 5.70 Å². The summed E-state index contributed by atoms with van der Waals surface area (Å²) in [5.41, 5.74) is 0.396. The summed E-state index contributed by atoms with van der Waals surface area (Å²) in [7, 11) is -8.97. The predicted molar refractivity (Wildman–Crippen MR) is 82.2 cm³/mol. The molecule has 2 N–H and O–H groups in total. The zero-order chi connectivity index (χ0) is 19.1. The summed E-state index contributed by atoms with van der Waals surface area (Å²) in [6.07, 6.45) is 3.75. The van der Waals surface area contributed by atoms with Crippen molar-refractivity contribution in [2.75, 3.05) is 26.2 Å². The molecule has 1 saturated heterocycles. The van der Waals surface area contributed by atoms with Gasteiger partial charge in [0.15, 0.2) is 0 Å². The standard InChI is InChI=1S/C11H15N5O8S2.Na/c17-2-1-13-25(19,20)10-4-12-15(7-10)8-3-9-6-14(5-8)11(18)16(9)24-26(21,22)23;/h3-4,7,9,13,17H,1-2,5-6H2,(H,21,22,23);/q;+1/p-1. The number of urea groups is 1. The van der Waals surface area contributed by atoms with Gasteiger partial charge in [-0.1, -0.05) is 0 Å². The number of hydrogen-bond acceptors (Lipinski definition) is 9. The molecule has 2 aliphatic rings. The molecule has 1 aromatic heterocycles. The minimum atomic E-state index is -5.12. The second kappa shape index (κ2) is 8.14. The molecule has 2 aliphatic heterocycles. The molecule has 1 aromatic rings. The van der Waals surface area contributed by atoms with Gasteiger partial charge < -0.3 is 14.6 Å². The first kappa shape index (κ1) is 22.3. The second-order valence-electron chi connectivity index (χ2n) is 5.44. The van der Waals surface area contributed by atoms with Gasteiger partial charge in [-0.15, -0.1) is 0 Å². The fourth-order valence-electron chi connectivity index (χ4n) is 2.58. The number of nitrogens with zero attached hydrogens (tertiary/aromatic N) is 4. The number of sulfonamides is 1. The molecule has 0 spiro atoms. The van der Waals surface area contributed by atoms with Crippen LogP contribution < -0.4 is 34.3 Å². The number of aromatic nitrogens is 2. The predicted octanol–water partition coefficient (Wildman–Crippen LogP) is -5.49. The third kappa shape index (κ3) is 4.87. The van der Waals surface area contributed by atoms with E-state index in [-0.39, 0.29) is 60.7 Å². The van der Waals surface area contributed by atoms with E-state index in [4.69, 9.17) is 5.11 Å². The van der Waals surface area contributed by atoms with E-state index in [2.05, 4.69) is 14.1 Å². The van der Waals surface area contributed by atoms with Crippen LogP contribution in [0, 0.1) is 0 Å². The minimum absolute atomic E-state index is 0. The molecule has 13 nitrogen and oxygen atoms in total. The molecule has 0 radical (unpaired) electrons. The number of hydroxylamine groups is 2. The zero-order valence-corrected chi connectivity index (χ0v) is 17.7. The Labute approximate surface area is 176 Å². The molecule has 0 saturated carbocycles. The van der Waals surface area contributed by atoms with E-state index < -0.39 is 32.5 Å². The molecule has 144 valence electrons. The molecular formula is C11H14N5NaO8S2. The topological polar surface area (TPSA) is 174 Å². The molecule has 1 unspecified atom stereocenters. The number of nitrogens with one attached hydrogen (secondary N) is 1. The van der Waals surface area contributed by atoms with Crippen LogP contribution >= 0.6 is 0 Å². The summed E-state index contributed by atoms with van der Waals surface area (Å²) in [6, 6.07) is -1.64. The van der Waals surface area contributed by atoms with Crippen molar-refractivity contribution in [1.29, 1.82) is 0 Å². The van der Waals surface area contributed by atoms with Gasteiger partial charge in [-0.3, -0.25) is 0 Å². The Morgan fingerprint density at radius 1 is 1.37 bits per heavy atom. The molecule has 0 aromatic carbocycles. The quantitative estimate of drug-likeness (QED) is 0.242. The van der Waals surface area contributed by atoms with Gasteiger partial charge in [0, 0.05) is 13.1 Å². The van der Waals surface area contributed by atoms with Crippen LogP contribution in [0.5, 0.6) is 0 Å². The number of aliphatic hydroxyl groups excluding tert-OH is 1. The summed E-state index contributed by atoms with van der Waals surface area (Å²) in [4.78, 5) is 13.1. The van der Waals surface area contributed by atoms with E-state index in [9.17, 15) is 26.2 Å². The van der Waals surface area contributed by atoms with Crippen molar-refractivity contribution in [3.63, 3.8) is 0 Å². The fraction of sp³-hybridized carbons (Fsp3) is 0.455. The van der Waals surface area contributed by atoms with Crippen molar-refractivity contribution >= 4 is 32.2 Å². The Kier molecular flexibility index (Phi) is 6.71. The van der Waals surface area contributed by atoms with Gasteiger partial charge in [0.25, 0.3) is 0 Å². The van der Waals surface area contributed by atoms with Crippen molar-refractivity contribution in [3.05, 3.63) is 18.5 Å². The number of hydrogen-bond donors (Lipinski definition) is 2. The van der Waals surface area contributed by atoms with Crippen molar-refractivity contribution in [2.24, 2.45) is 0 Å². The van der Waals surface area contributed by atoms with E-state index >= 15 is 0 Å². The zero-order valence-electron chi connectivity index (χ0n) is 14.0. The number of amides is 2. The Morgan fingerprint density at radius 2 is 2.07 bits per heavy atom. The van der Waals surface area contributed by atoms with E-state index in [0.717, 1.165) is 6.20 Å². The summed E-state index contributed by atoms with van der Waals surface area (Å²) in [5.74, 6) is 0. The van der Waals surface area contributed by atoms with E-state index in [0.29, 0.717) is 10.8 Å². The molecular weight excluding hydrogens is 417 g/mol. The first-order valence-electron chi connectivity index (χ1n) is 7.20. The normalized spacial score (nSPS) is 19.9. The largest absolute Gasteiger partial charge is 1.00 e. The van der Waals surface area contributed by atoms with Crippen LogP contribution in [0.2, 0.25) is 0 Å². The van der Waals surface area contributed by atoms with Gasteiger partial charge in [0.05, 0.1) is 31.2 Å². The van der Waals surface area contributed by atoms with Crippen LogP contribution in [0.15, 0.2) is 23.4 Å². The van der Waals surface area contributed by atoms with Gasteiger partial charge >= 0.3 is 35.6 Å². The fourth-order valence-corrected chi connectivity index (χ4v) is 3.90. The Balaban J connectivity index is 0.00000261. The summed E-state index contributed by atoms with van der Waals surface area (Å²) >= 11 is 0. The van der Waals surface area contributed by atoms with Gasteiger partial charge in [-0.25, -0.2) is 31.0 Å². The maximum Gasteiger partial charge on any atom is 1.00 e. The van der Waals surface area contributed by atoms with Crippen LogP contribution in [0.3, 0.4) is 0 Å². The molecule has 2 amide bonds. The molecule has 16 heteroatoms. The second-order valence-corrected chi connectivity index (χ2v) is 8.17. The van der Waals surface area contributed by atoms with Crippen LogP contribution in [0.4, 0.5) is 4.79 Å². The molecule has 1 atom stereocenters. The number of aliphatic hydroxyl groups is 1. The molecule has 2 bridgehead atoms. The third-order valence-corrected chi connectivity index (χ3v) is 5.40. The van der Waals surface area contributed by atoms with Crippen molar-refractivity contribution in [3.8, 4) is 0 Å². The maximum atomic E-state index is 12.1. The Bertz CT molecular complexity index is 959. The number of carbonyl (C=O) groups excluding carboxylic acids is 1. The van der Waals surface area contributed by atoms with Gasteiger partial charge in [0.1, 0.15) is 10.9 Å². The third-order valence-electron chi connectivity index (χ3n) is 3.64. The Morgan fingerprint density at radius 3 is 2.70 bits per heavy atom. The van der Waals surface area contributed by atoms with Gasteiger partial charge in [-0.2, -0.15) is 14.4 Å². The van der Waals surface area contributed by atoms with Crippen LogP contribution in [0.1, 0.15) is 0 Å². The number of rotatable bonds is 7. The minimum Gasteiger partial charge on any atom is -0.724 e. The molecule has 3 heterocycles. The molecule has 1 fully saturated rings. The Hall–Kier alpha value is -1.04. The molecule has 27 heavy (non-hydrogen) atoms. The molecule has 0 aliphatic carbocycles. The monoisotopic (exact) mass is 431 g/mol. The van der Waals surface area contributed by atoms with E-state index in [1.54, 1.807) is 0 Å². The average molecular weight is 431 g/mol. The number of carbonyl (C=O) groups is 1. The number of fused-ring (bicyclic) bond motifs is 2. The van der Waals surface area contributed by atoms with Crippen molar-refractivity contribution < 1.29 is 65.1 Å². The molecule has 3 rings (SSSR count). The maximum absolute atomic E-state index is 12.1. The summed E-state index contributed by atoms with van der Waals surface area (Å²) in [6.45, 7) is -0.395. The van der Waals surface area contributed by atoms with Crippen molar-refractivity contribution in [2.45, 2.75) is 10.9 Å². The van der Waals surface area contributed by atoms with E-state index in [1.165, 1.54) is 21.9 Å². The SMILES string of the molecule is O=C1N2CC(n3cc(S(=O)(=O)NCCO)cn3)=CC(C2)N1OS(=O)(=O)[O-].[Na+]. The summed E-state index contributed by atoms with van der Waals surface area (Å²) in [5, 5.41) is 13.1. The first-order valence-corrected chi connectivity index (χ1v) is 10.0. The van der Waals surface area contributed by atoms with Gasteiger partial charge in [-0.05, 0) is 6.08 Å². The van der Waals surface area contributed by atoms with Crippen molar-refractivity contribution in [1.82, 2.24) is 24.5 Å². The summed E-state index contributed by atoms with van der Waals surface area (Å²) < 4.78 is 63.8. The van der Waals surface area contributed by atoms with Crippen LogP contribution in [-0.4, -0.2) is 84.6 Å². The van der Waals surface area contributed by atoms with Gasteiger partial charge in [0.2, 0.25) is 20.4 Å². The first-order chi connectivity index (χ1) is 12.1. The average Bonchev–Trinajstić information content (AvgIpc) is 3.13.